The van der Waals surface area contributed by atoms with Gasteiger partial charge in [0.1, 0.15) is 10.6 Å². The molecule has 0 fully saturated rings. The van der Waals surface area contributed by atoms with Gasteiger partial charge in [-0.15, -0.1) is 11.3 Å². The molecule has 3 heterocycles. The normalized spacial score (nSPS) is 13.6. The van der Waals surface area contributed by atoms with Crippen molar-refractivity contribution in [2.24, 2.45) is 0 Å². The third-order valence-corrected chi connectivity index (χ3v) is 5.40. The summed E-state index contributed by atoms with van der Waals surface area (Å²) in [5.74, 6) is 0.308. The van der Waals surface area contributed by atoms with Gasteiger partial charge in [-0.3, -0.25) is 4.98 Å². The van der Waals surface area contributed by atoms with Crippen LogP contribution in [-0.4, -0.2) is 25.9 Å². The molecule has 2 N–H and O–H groups in total. The molecule has 3 aromatic heterocycles. The minimum absolute atomic E-state index is 0.0445. The van der Waals surface area contributed by atoms with Crippen molar-refractivity contribution in [3.63, 3.8) is 0 Å². The van der Waals surface area contributed by atoms with Crippen LogP contribution < -0.4 is 5.73 Å². The summed E-state index contributed by atoms with van der Waals surface area (Å²) in [5, 5.41) is 0.971. The smallest absolute Gasteiger partial charge is 0.358 e. The van der Waals surface area contributed by atoms with Gasteiger partial charge in [0.2, 0.25) is 0 Å². The number of aromatic nitrogens is 4. The molecule has 25 heavy (non-hydrogen) atoms. The number of hydrogen-bond acceptors (Lipinski definition) is 8. The highest BCUT2D eigenvalue weighted by Crippen LogP contribution is 2.37. The lowest BCUT2D eigenvalue weighted by Crippen LogP contribution is -2.10. The largest absolute Gasteiger partial charge is 0.453 e. The highest BCUT2D eigenvalue weighted by Gasteiger charge is 2.20. The number of nitrogens with two attached hydrogens (primary N) is 1. The van der Waals surface area contributed by atoms with Gasteiger partial charge in [-0.05, 0) is 38.2 Å². The van der Waals surface area contributed by atoms with Crippen molar-refractivity contribution in [1.29, 1.82) is 0 Å². The molecule has 0 amide bonds. The van der Waals surface area contributed by atoms with Crippen molar-refractivity contribution in [2.75, 3.05) is 5.73 Å². The predicted octanol–water partition coefficient (Wildman–Crippen LogP) is 2.61. The van der Waals surface area contributed by atoms with Crippen LogP contribution in [0, 0.1) is 6.92 Å². The molecule has 0 aliphatic heterocycles. The van der Waals surface area contributed by atoms with Crippen LogP contribution in [0.4, 0.5) is 5.82 Å². The molecule has 0 saturated carbocycles. The molecule has 4 rings (SSSR count). The zero-order chi connectivity index (χ0) is 17.4. The van der Waals surface area contributed by atoms with E-state index in [4.69, 9.17) is 10.5 Å². The van der Waals surface area contributed by atoms with Gasteiger partial charge in [-0.2, -0.15) is 0 Å². The molecule has 7 nitrogen and oxygen atoms in total. The number of thiophene rings is 1. The number of rotatable bonds is 3. The maximum Gasteiger partial charge on any atom is 0.358 e. The van der Waals surface area contributed by atoms with E-state index in [0.29, 0.717) is 11.6 Å². The van der Waals surface area contributed by atoms with Crippen LogP contribution in [0.25, 0.3) is 10.2 Å². The summed E-state index contributed by atoms with van der Waals surface area (Å²) >= 11 is 1.67. The number of carbonyl (C=O) groups is 1. The highest BCUT2D eigenvalue weighted by atomic mass is 32.1. The molecule has 0 aromatic carbocycles. The van der Waals surface area contributed by atoms with E-state index in [1.54, 1.807) is 18.3 Å². The Balaban J connectivity index is 1.55. The first-order valence-corrected chi connectivity index (χ1v) is 8.96. The fourth-order valence-corrected chi connectivity index (χ4v) is 4.29. The molecule has 0 atom stereocenters. The Kier molecular flexibility index (Phi) is 4.04. The number of nitrogens with zero attached hydrogens (tertiary/aromatic N) is 4. The number of hydrogen-bond donors (Lipinski definition) is 1. The molecular formula is C17H17N5O2S. The molecule has 0 spiro atoms. The lowest BCUT2D eigenvalue weighted by Gasteiger charge is -2.10. The molecule has 0 unspecified atom stereocenters. The maximum absolute atomic E-state index is 12.0. The van der Waals surface area contributed by atoms with Crippen LogP contribution in [0.15, 0.2) is 12.4 Å². The summed E-state index contributed by atoms with van der Waals surface area (Å²) in [5.41, 5.74) is 8.34. The van der Waals surface area contributed by atoms with Crippen molar-refractivity contribution in [3.05, 3.63) is 40.0 Å². The van der Waals surface area contributed by atoms with Crippen molar-refractivity contribution in [1.82, 2.24) is 19.9 Å². The minimum Gasteiger partial charge on any atom is -0.453 e. The molecule has 1 aliphatic rings. The molecule has 0 bridgehead atoms. The monoisotopic (exact) mass is 355 g/mol. The zero-order valence-electron chi connectivity index (χ0n) is 13.8. The van der Waals surface area contributed by atoms with Crippen molar-refractivity contribution >= 4 is 33.3 Å². The molecule has 0 radical (unpaired) electrons. The summed E-state index contributed by atoms with van der Waals surface area (Å²) in [7, 11) is 0. The molecule has 128 valence electrons. The summed E-state index contributed by atoms with van der Waals surface area (Å²) in [6, 6.07) is 0. The van der Waals surface area contributed by atoms with E-state index in [0.717, 1.165) is 28.8 Å². The first-order valence-electron chi connectivity index (χ1n) is 8.14. The average Bonchev–Trinajstić information content (AvgIpc) is 2.99. The number of fused-ring (bicyclic) bond motifs is 3. The molecule has 0 saturated heterocycles. The third-order valence-electron chi connectivity index (χ3n) is 4.21. The second kappa shape index (κ2) is 6.36. The molecule has 8 heteroatoms. The number of anilines is 1. The Labute approximate surface area is 148 Å². The van der Waals surface area contributed by atoms with Gasteiger partial charge in [0.15, 0.2) is 18.1 Å². The summed E-state index contributed by atoms with van der Waals surface area (Å²) in [4.78, 5) is 31.1. The second-order valence-corrected chi connectivity index (χ2v) is 7.12. The Bertz CT molecular complexity index is 952. The minimum atomic E-state index is -0.555. The SMILES string of the molecule is Cc1cnc(C(=O)OCc2nc(N)c3c4c(sc3n2)CCCC4)cn1. The van der Waals surface area contributed by atoms with E-state index >= 15 is 0 Å². The number of nitrogen functional groups attached to an aromatic ring is 1. The molecule has 3 aromatic rings. The fourth-order valence-electron chi connectivity index (χ4n) is 3.00. The Morgan fingerprint density at radius 3 is 2.88 bits per heavy atom. The van der Waals surface area contributed by atoms with Gasteiger partial charge in [-0.25, -0.2) is 19.7 Å². The van der Waals surface area contributed by atoms with E-state index in [-0.39, 0.29) is 12.3 Å². The average molecular weight is 355 g/mol. The maximum atomic E-state index is 12.0. The Morgan fingerprint density at radius 2 is 2.08 bits per heavy atom. The number of esters is 1. The first-order chi connectivity index (χ1) is 12.1. The lowest BCUT2D eigenvalue weighted by molar-refractivity contribution is 0.0455. The van der Waals surface area contributed by atoms with Crippen molar-refractivity contribution in [3.8, 4) is 0 Å². The lowest BCUT2D eigenvalue weighted by atomic mass is 9.97. The quantitative estimate of drug-likeness (QED) is 0.720. The summed E-state index contributed by atoms with van der Waals surface area (Å²) in [6.45, 7) is 1.76. The number of carbonyl (C=O) groups excluding carboxylic acids is 1. The van der Waals surface area contributed by atoms with E-state index in [1.807, 2.05) is 0 Å². The Morgan fingerprint density at radius 1 is 1.24 bits per heavy atom. The van der Waals surface area contributed by atoms with E-state index in [2.05, 4.69) is 19.9 Å². The van der Waals surface area contributed by atoms with Crippen LogP contribution in [0.5, 0.6) is 0 Å². The van der Waals surface area contributed by atoms with Gasteiger partial charge in [0, 0.05) is 11.1 Å². The zero-order valence-corrected chi connectivity index (χ0v) is 14.6. The van der Waals surface area contributed by atoms with Gasteiger partial charge in [0.05, 0.1) is 17.3 Å². The van der Waals surface area contributed by atoms with Crippen molar-refractivity contribution < 1.29 is 9.53 Å². The topological polar surface area (TPSA) is 104 Å². The van der Waals surface area contributed by atoms with E-state index in [9.17, 15) is 4.79 Å². The van der Waals surface area contributed by atoms with Crippen LogP contribution >= 0.6 is 11.3 Å². The summed E-state index contributed by atoms with van der Waals surface area (Å²) < 4.78 is 5.24. The van der Waals surface area contributed by atoms with Gasteiger partial charge >= 0.3 is 5.97 Å². The summed E-state index contributed by atoms with van der Waals surface area (Å²) in [6.07, 6.45) is 7.40. The van der Waals surface area contributed by atoms with Gasteiger partial charge < -0.3 is 10.5 Å². The van der Waals surface area contributed by atoms with Crippen LogP contribution in [0.1, 0.15) is 45.3 Å². The molecular weight excluding hydrogens is 338 g/mol. The number of ether oxygens (including phenoxy) is 1. The number of aryl methyl sites for hydroxylation is 3. The van der Waals surface area contributed by atoms with Gasteiger partial charge in [0.25, 0.3) is 0 Å². The van der Waals surface area contributed by atoms with Crippen molar-refractivity contribution in [2.45, 2.75) is 39.2 Å². The first kappa shape index (κ1) is 15.9. The fraction of sp³-hybridized carbons (Fsp3) is 0.353. The Hall–Kier alpha value is -2.61. The standard InChI is InChI=1S/C17H17N5O2S/c1-9-6-20-11(7-19-9)17(23)24-8-13-21-15(18)14-10-4-2-3-5-12(10)25-16(14)22-13/h6-7H,2-5,8H2,1H3,(H2,18,21,22). The molecule has 1 aliphatic carbocycles. The van der Waals surface area contributed by atoms with Gasteiger partial charge in [-0.1, -0.05) is 0 Å². The highest BCUT2D eigenvalue weighted by molar-refractivity contribution is 7.19. The predicted molar refractivity (Wildman–Crippen MR) is 94.4 cm³/mol. The van der Waals surface area contributed by atoms with E-state index < -0.39 is 5.97 Å². The van der Waals surface area contributed by atoms with Crippen LogP contribution in [0.3, 0.4) is 0 Å². The second-order valence-electron chi connectivity index (χ2n) is 6.04. The van der Waals surface area contributed by atoms with E-state index in [1.165, 1.54) is 35.7 Å². The van der Waals surface area contributed by atoms with Crippen LogP contribution in [-0.2, 0) is 24.2 Å². The van der Waals surface area contributed by atoms with Crippen LogP contribution in [0.2, 0.25) is 0 Å². The third kappa shape index (κ3) is 3.05.